The SMILES string of the molecule is CCC[C@@H]1CCCCN1C(=O)c1cccc(-c2cccc(-n3ncc(C(=O)OCC)c3C3CC3c3cn(C)nn3)c2)c1F. The van der Waals surface area contributed by atoms with Crippen molar-refractivity contribution in [2.75, 3.05) is 13.2 Å². The van der Waals surface area contributed by atoms with E-state index in [0.717, 1.165) is 49.9 Å². The third-order valence-corrected chi connectivity index (χ3v) is 8.58. The molecule has 1 aliphatic heterocycles. The highest BCUT2D eigenvalue weighted by Gasteiger charge is 2.46. The molecule has 3 heterocycles. The maximum absolute atomic E-state index is 16.1. The highest BCUT2D eigenvalue weighted by atomic mass is 19.1. The lowest BCUT2D eigenvalue weighted by Gasteiger charge is -2.36. The molecule has 2 aromatic carbocycles. The van der Waals surface area contributed by atoms with Crippen molar-refractivity contribution in [2.45, 2.75) is 70.3 Å². The van der Waals surface area contributed by atoms with Crippen LogP contribution in [-0.2, 0) is 11.8 Å². The van der Waals surface area contributed by atoms with Gasteiger partial charge < -0.3 is 9.64 Å². The number of nitrogens with zero attached hydrogens (tertiary/aromatic N) is 6. The van der Waals surface area contributed by atoms with Crippen LogP contribution in [0.5, 0.6) is 0 Å². The van der Waals surface area contributed by atoms with Gasteiger partial charge in [0.1, 0.15) is 11.4 Å². The lowest BCUT2D eigenvalue weighted by atomic mass is 9.96. The smallest absolute Gasteiger partial charge is 0.341 e. The van der Waals surface area contributed by atoms with E-state index in [-0.39, 0.29) is 36.0 Å². The third-order valence-electron chi connectivity index (χ3n) is 8.58. The fourth-order valence-corrected chi connectivity index (χ4v) is 6.43. The van der Waals surface area contributed by atoms with E-state index in [1.54, 1.807) is 34.5 Å². The minimum atomic E-state index is -0.525. The van der Waals surface area contributed by atoms with Crippen molar-refractivity contribution < 1.29 is 18.7 Å². The maximum atomic E-state index is 16.1. The van der Waals surface area contributed by atoms with Gasteiger partial charge in [-0.15, -0.1) is 5.10 Å². The zero-order chi connectivity index (χ0) is 30.1. The minimum Gasteiger partial charge on any atom is -0.462 e. The maximum Gasteiger partial charge on any atom is 0.341 e. The number of aryl methyl sites for hydroxylation is 1. The first-order valence-corrected chi connectivity index (χ1v) is 15.2. The van der Waals surface area contributed by atoms with Gasteiger partial charge in [-0.25, -0.2) is 13.9 Å². The summed E-state index contributed by atoms with van der Waals surface area (Å²) in [6.45, 7) is 4.80. The number of carbonyl (C=O) groups excluding carboxylic acids is 2. The van der Waals surface area contributed by atoms with Gasteiger partial charge in [-0.2, -0.15) is 5.10 Å². The Morgan fingerprint density at radius 2 is 1.91 bits per heavy atom. The molecule has 224 valence electrons. The van der Waals surface area contributed by atoms with Crippen molar-refractivity contribution in [3.63, 3.8) is 0 Å². The number of hydrogen-bond donors (Lipinski definition) is 0. The van der Waals surface area contributed by atoms with Crippen molar-refractivity contribution in [3.05, 3.63) is 83.2 Å². The first-order chi connectivity index (χ1) is 20.9. The number of amides is 1. The van der Waals surface area contributed by atoms with Gasteiger partial charge in [-0.3, -0.25) is 9.48 Å². The van der Waals surface area contributed by atoms with Gasteiger partial charge in [0.15, 0.2) is 0 Å². The minimum absolute atomic E-state index is 0.000516. The summed E-state index contributed by atoms with van der Waals surface area (Å²) in [7, 11) is 1.82. The molecule has 6 rings (SSSR count). The summed E-state index contributed by atoms with van der Waals surface area (Å²) in [6, 6.07) is 12.6. The molecule has 3 atom stereocenters. The molecule has 1 saturated carbocycles. The van der Waals surface area contributed by atoms with Crippen LogP contribution in [-0.4, -0.2) is 60.7 Å². The van der Waals surface area contributed by atoms with Gasteiger partial charge in [0.2, 0.25) is 0 Å². The van der Waals surface area contributed by atoms with Crippen LogP contribution in [0.2, 0.25) is 0 Å². The number of piperidine rings is 1. The second kappa shape index (κ2) is 12.1. The molecule has 0 bridgehead atoms. The zero-order valence-corrected chi connectivity index (χ0v) is 24.9. The highest BCUT2D eigenvalue weighted by Crippen LogP contribution is 2.55. The number of rotatable bonds is 9. The van der Waals surface area contributed by atoms with E-state index < -0.39 is 11.8 Å². The number of carbonyl (C=O) groups is 2. The number of benzene rings is 2. The Hall–Kier alpha value is -4.34. The monoisotopic (exact) mass is 584 g/mol. The molecule has 0 radical (unpaired) electrons. The standard InChI is InChI=1S/C33H37FN6O3/c1-4-10-22-12-6-7-16-39(22)32(41)25-15-9-14-24(30(25)34)21-11-8-13-23(17-21)40-31(28(19-35-40)33(42)43-5-2)27-18-26(27)29-20-38(3)37-36-29/h8-9,11,13-15,17,19-20,22,26-27H,4-7,10,12,16,18H2,1-3H3/t22-,26?,27?/m1/s1. The largest absolute Gasteiger partial charge is 0.462 e. The van der Waals surface area contributed by atoms with Crippen molar-refractivity contribution >= 4 is 11.9 Å². The number of hydrogen-bond acceptors (Lipinski definition) is 6. The lowest BCUT2D eigenvalue weighted by Crippen LogP contribution is -2.44. The first kappa shape index (κ1) is 28.8. The number of aromatic nitrogens is 5. The number of ether oxygens (including phenoxy) is 1. The molecule has 1 aliphatic carbocycles. The van der Waals surface area contributed by atoms with E-state index in [1.807, 2.05) is 42.4 Å². The Bertz CT molecular complexity index is 1640. The second-order valence-electron chi connectivity index (χ2n) is 11.5. The molecule has 4 aromatic rings. The molecule has 10 heteroatoms. The molecular formula is C33H37FN6O3. The van der Waals surface area contributed by atoms with Gasteiger partial charge >= 0.3 is 5.97 Å². The van der Waals surface area contributed by atoms with Crippen LogP contribution in [0, 0.1) is 5.82 Å². The van der Waals surface area contributed by atoms with E-state index in [1.165, 1.54) is 6.20 Å². The van der Waals surface area contributed by atoms with E-state index >= 15 is 4.39 Å². The van der Waals surface area contributed by atoms with Gasteiger partial charge in [0.25, 0.3) is 5.91 Å². The summed E-state index contributed by atoms with van der Waals surface area (Å²) in [5, 5.41) is 12.9. The van der Waals surface area contributed by atoms with E-state index in [2.05, 4.69) is 22.3 Å². The predicted molar refractivity (Wildman–Crippen MR) is 160 cm³/mol. The molecule has 0 N–H and O–H groups in total. The summed E-state index contributed by atoms with van der Waals surface area (Å²) in [4.78, 5) is 28.4. The van der Waals surface area contributed by atoms with E-state index in [9.17, 15) is 9.59 Å². The fourth-order valence-electron chi connectivity index (χ4n) is 6.43. The Morgan fingerprint density at radius 3 is 2.67 bits per heavy atom. The predicted octanol–water partition coefficient (Wildman–Crippen LogP) is 6.05. The Morgan fingerprint density at radius 1 is 1.07 bits per heavy atom. The first-order valence-electron chi connectivity index (χ1n) is 15.2. The summed E-state index contributed by atoms with van der Waals surface area (Å²) >= 11 is 0. The Kier molecular flexibility index (Phi) is 8.10. The molecule has 43 heavy (non-hydrogen) atoms. The second-order valence-corrected chi connectivity index (χ2v) is 11.5. The molecule has 2 aliphatic rings. The van der Waals surface area contributed by atoms with E-state index in [4.69, 9.17) is 4.74 Å². The van der Waals surface area contributed by atoms with Crippen molar-refractivity contribution in [3.8, 4) is 16.8 Å². The Balaban J connectivity index is 1.35. The van der Waals surface area contributed by atoms with Gasteiger partial charge in [-0.05, 0) is 62.8 Å². The molecule has 2 aromatic heterocycles. The fraction of sp³-hybridized carbons (Fsp3) is 0.424. The van der Waals surface area contributed by atoms with Crippen LogP contribution in [0.25, 0.3) is 16.8 Å². The molecular weight excluding hydrogens is 547 g/mol. The molecule has 1 saturated heterocycles. The van der Waals surface area contributed by atoms with Crippen molar-refractivity contribution in [1.82, 2.24) is 29.7 Å². The lowest BCUT2D eigenvalue weighted by molar-refractivity contribution is 0.0524. The van der Waals surface area contributed by atoms with Crippen LogP contribution in [0.4, 0.5) is 4.39 Å². The molecule has 0 spiro atoms. The topological polar surface area (TPSA) is 95.1 Å². The molecule has 1 amide bonds. The average Bonchev–Trinajstić information content (AvgIpc) is 3.46. The van der Waals surface area contributed by atoms with Gasteiger partial charge in [-0.1, -0.05) is 42.8 Å². The summed E-state index contributed by atoms with van der Waals surface area (Å²) in [6.07, 6.45) is 9.13. The van der Waals surface area contributed by atoms with E-state index in [0.29, 0.717) is 28.9 Å². The zero-order valence-electron chi connectivity index (χ0n) is 24.9. The molecule has 2 fully saturated rings. The van der Waals surface area contributed by atoms with Gasteiger partial charge in [0.05, 0.1) is 35.4 Å². The number of esters is 1. The van der Waals surface area contributed by atoms with Crippen LogP contribution >= 0.6 is 0 Å². The molecule has 9 nitrogen and oxygen atoms in total. The average molecular weight is 585 g/mol. The summed E-state index contributed by atoms with van der Waals surface area (Å²) in [5.74, 6) is -1.09. The summed E-state index contributed by atoms with van der Waals surface area (Å²) < 4.78 is 24.9. The molecule has 2 unspecified atom stereocenters. The highest BCUT2D eigenvalue weighted by molar-refractivity contribution is 5.96. The van der Waals surface area contributed by atoms with Crippen LogP contribution in [0.15, 0.2) is 54.9 Å². The number of likely N-dealkylation sites (tertiary alicyclic amines) is 1. The summed E-state index contributed by atoms with van der Waals surface area (Å²) in [5.41, 5.74) is 3.76. The van der Waals surface area contributed by atoms with Crippen molar-refractivity contribution in [2.24, 2.45) is 7.05 Å². The normalized spacial score (nSPS) is 19.8. The van der Waals surface area contributed by atoms with Gasteiger partial charge in [0, 0.05) is 43.2 Å². The van der Waals surface area contributed by atoms with Crippen molar-refractivity contribution in [1.29, 1.82) is 0 Å². The van der Waals surface area contributed by atoms with Crippen LogP contribution in [0.1, 0.15) is 96.3 Å². The van der Waals surface area contributed by atoms with Crippen LogP contribution in [0.3, 0.4) is 0 Å². The van der Waals surface area contributed by atoms with Crippen LogP contribution < -0.4 is 0 Å². The third kappa shape index (κ3) is 5.58. The quantitative estimate of drug-likeness (QED) is 0.222. The number of halogens is 1. The Labute approximate surface area is 250 Å².